The van der Waals surface area contributed by atoms with Crippen LogP contribution in [-0.4, -0.2) is 19.6 Å². The van der Waals surface area contributed by atoms with Crippen molar-refractivity contribution in [3.8, 4) is 11.5 Å². The fourth-order valence-corrected chi connectivity index (χ4v) is 4.04. The number of ether oxygens (including phenoxy) is 2. The fourth-order valence-electron chi connectivity index (χ4n) is 4.04. The zero-order valence-corrected chi connectivity index (χ0v) is 18.5. The Bertz CT molecular complexity index is 1220. The zero-order valence-electron chi connectivity index (χ0n) is 18.5. The molecule has 1 aliphatic heterocycles. The molecule has 1 N–H and O–H groups in total. The molecule has 0 bridgehead atoms. The van der Waals surface area contributed by atoms with Gasteiger partial charge in [-0.15, -0.1) is 0 Å². The summed E-state index contributed by atoms with van der Waals surface area (Å²) in [5, 5.41) is 3.39. The van der Waals surface area contributed by atoms with E-state index in [0.717, 1.165) is 23.1 Å². The Morgan fingerprint density at radius 3 is 2.58 bits per heavy atom. The molecule has 1 aromatic heterocycles. The second-order valence-corrected chi connectivity index (χ2v) is 8.48. The SMILES string of the molecule is COc1cc(C2NC(=O)c3oc4cc(C)cc(C)c4c(=O)c32)ccc1OCCC(C)C. The van der Waals surface area contributed by atoms with Crippen molar-refractivity contribution >= 4 is 16.9 Å². The number of amides is 1. The Labute approximate surface area is 181 Å². The molecule has 1 atom stereocenters. The Kier molecular flexibility index (Phi) is 5.48. The van der Waals surface area contributed by atoms with Gasteiger partial charge in [0.15, 0.2) is 16.9 Å². The fraction of sp³-hybridized carbons (Fsp3) is 0.360. The number of carbonyl (C=O) groups is 1. The average molecular weight is 421 g/mol. The molecular formula is C25H27NO5. The van der Waals surface area contributed by atoms with Crippen molar-refractivity contribution in [2.45, 2.75) is 40.2 Å². The minimum atomic E-state index is -0.609. The van der Waals surface area contributed by atoms with Crippen LogP contribution in [0, 0.1) is 19.8 Å². The topological polar surface area (TPSA) is 77.8 Å². The lowest BCUT2D eigenvalue weighted by molar-refractivity contribution is 0.0938. The van der Waals surface area contributed by atoms with E-state index in [1.54, 1.807) is 19.2 Å². The summed E-state index contributed by atoms with van der Waals surface area (Å²) >= 11 is 0. The first-order valence-corrected chi connectivity index (χ1v) is 10.5. The van der Waals surface area contributed by atoms with Gasteiger partial charge in [-0.2, -0.15) is 0 Å². The van der Waals surface area contributed by atoms with E-state index in [0.29, 0.717) is 40.6 Å². The molecule has 6 heteroatoms. The van der Waals surface area contributed by atoms with Gasteiger partial charge in [0.1, 0.15) is 5.58 Å². The van der Waals surface area contributed by atoms with Crippen LogP contribution in [-0.2, 0) is 0 Å². The number of nitrogens with one attached hydrogen (secondary N) is 1. The maximum Gasteiger partial charge on any atom is 0.288 e. The molecule has 1 aliphatic rings. The molecule has 2 aromatic carbocycles. The van der Waals surface area contributed by atoms with E-state index in [1.807, 2.05) is 32.0 Å². The van der Waals surface area contributed by atoms with Crippen molar-refractivity contribution in [1.29, 1.82) is 0 Å². The highest BCUT2D eigenvalue weighted by atomic mass is 16.5. The molecule has 1 amide bonds. The van der Waals surface area contributed by atoms with Gasteiger partial charge in [0, 0.05) is 0 Å². The van der Waals surface area contributed by atoms with E-state index in [2.05, 4.69) is 19.2 Å². The number of benzene rings is 2. The van der Waals surface area contributed by atoms with Crippen molar-refractivity contribution in [2.75, 3.05) is 13.7 Å². The lowest BCUT2D eigenvalue weighted by Gasteiger charge is -2.16. The molecule has 0 radical (unpaired) electrons. The highest BCUT2D eigenvalue weighted by molar-refractivity contribution is 5.99. The molecule has 1 unspecified atom stereocenters. The number of aryl methyl sites for hydroxylation is 2. The van der Waals surface area contributed by atoms with Gasteiger partial charge in [-0.05, 0) is 61.1 Å². The van der Waals surface area contributed by atoms with Crippen molar-refractivity contribution in [3.63, 3.8) is 0 Å². The Morgan fingerprint density at radius 1 is 1.10 bits per heavy atom. The van der Waals surface area contributed by atoms with Gasteiger partial charge >= 0.3 is 0 Å². The molecule has 0 aliphatic carbocycles. The van der Waals surface area contributed by atoms with Crippen molar-refractivity contribution < 1.29 is 18.7 Å². The Morgan fingerprint density at radius 2 is 1.87 bits per heavy atom. The standard InChI is InChI=1S/C25H27NO5/c1-13(2)8-9-30-17-7-6-16(12-18(17)29-5)22-21-23(27)20-15(4)10-14(3)11-19(20)31-24(21)25(28)26-22/h6-7,10-13,22H,8-9H2,1-5H3,(H,26,28). The molecule has 31 heavy (non-hydrogen) atoms. The zero-order chi connectivity index (χ0) is 22.3. The maximum absolute atomic E-state index is 13.4. The van der Waals surface area contributed by atoms with E-state index < -0.39 is 11.9 Å². The number of hydrogen-bond acceptors (Lipinski definition) is 5. The second kappa shape index (κ2) is 8.10. The van der Waals surface area contributed by atoms with E-state index >= 15 is 0 Å². The van der Waals surface area contributed by atoms with Gasteiger partial charge in [-0.1, -0.05) is 26.0 Å². The number of hydrogen-bond donors (Lipinski definition) is 1. The first-order valence-electron chi connectivity index (χ1n) is 10.5. The third kappa shape index (κ3) is 3.78. The van der Waals surface area contributed by atoms with Crippen LogP contribution in [0.1, 0.15) is 59.1 Å². The molecule has 0 saturated carbocycles. The molecule has 162 valence electrons. The normalized spacial score (nSPS) is 15.3. The molecule has 4 rings (SSSR count). The summed E-state index contributed by atoms with van der Waals surface area (Å²) in [6.07, 6.45) is 0.934. The predicted octanol–water partition coefficient (Wildman–Crippen LogP) is 4.68. The largest absolute Gasteiger partial charge is 0.493 e. The minimum Gasteiger partial charge on any atom is -0.493 e. The van der Waals surface area contributed by atoms with Gasteiger partial charge in [-0.3, -0.25) is 9.59 Å². The molecule has 0 spiro atoms. The summed E-state index contributed by atoms with van der Waals surface area (Å²) in [5.41, 5.74) is 3.12. The van der Waals surface area contributed by atoms with E-state index in [1.165, 1.54) is 0 Å². The first kappa shape index (κ1) is 21.0. The first-order chi connectivity index (χ1) is 14.8. The van der Waals surface area contributed by atoms with Gasteiger partial charge in [-0.25, -0.2) is 0 Å². The Hall–Kier alpha value is -3.28. The predicted molar refractivity (Wildman–Crippen MR) is 119 cm³/mol. The van der Waals surface area contributed by atoms with Gasteiger partial charge < -0.3 is 19.2 Å². The van der Waals surface area contributed by atoms with Gasteiger partial charge in [0.25, 0.3) is 5.91 Å². The summed E-state index contributed by atoms with van der Waals surface area (Å²) in [4.78, 5) is 26.0. The smallest absolute Gasteiger partial charge is 0.288 e. The van der Waals surface area contributed by atoms with Crippen LogP contribution >= 0.6 is 0 Å². The van der Waals surface area contributed by atoms with E-state index in [9.17, 15) is 9.59 Å². The molecule has 3 aromatic rings. The number of carbonyl (C=O) groups excluding carboxylic acids is 1. The van der Waals surface area contributed by atoms with Crippen LogP contribution in [0.3, 0.4) is 0 Å². The number of methoxy groups -OCH3 is 1. The lowest BCUT2D eigenvalue weighted by atomic mass is 9.97. The molecule has 2 heterocycles. The van der Waals surface area contributed by atoms with E-state index in [4.69, 9.17) is 13.9 Å². The highest BCUT2D eigenvalue weighted by Gasteiger charge is 2.36. The van der Waals surface area contributed by atoms with Gasteiger partial charge in [0.05, 0.1) is 30.7 Å². The summed E-state index contributed by atoms with van der Waals surface area (Å²) < 4.78 is 17.3. The van der Waals surface area contributed by atoms with Crippen LogP contribution < -0.4 is 20.2 Å². The van der Waals surface area contributed by atoms with Gasteiger partial charge in [0.2, 0.25) is 5.76 Å². The molecule has 0 saturated heterocycles. The monoisotopic (exact) mass is 421 g/mol. The van der Waals surface area contributed by atoms with Crippen molar-refractivity contribution in [2.24, 2.45) is 5.92 Å². The highest BCUT2D eigenvalue weighted by Crippen LogP contribution is 2.36. The molecule has 6 nitrogen and oxygen atoms in total. The quantitative estimate of drug-likeness (QED) is 0.625. The summed E-state index contributed by atoms with van der Waals surface area (Å²) in [6.45, 7) is 8.68. The van der Waals surface area contributed by atoms with Crippen LogP contribution in [0.2, 0.25) is 0 Å². The van der Waals surface area contributed by atoms with E-state index in [-0.39, 0.29) is 11.2 Å². The molecular weight excluding hydrogens is 394 g/mol. The number of fused-ring (bicyclic) bond motifs is 2. The van der Waals surface area contributed by atoms with Crippen molar-refractivity contribution in [1.82, 2.24) is 5.32 Å². The average Bonchev–Trinajstić information content (AvgIpc) is 3.04. The van der Waals surface area contributed by atoms with Crippen molar-refractivity contribution in [3.05, 3.63) is 68.6 Å². The lowest BCUT2D eigenvalue weighted by Crippen LogP contribution is -2.22. The third-order valence-corrected chi connectivity index (χ3v) is 5.62. The minimum absolute atomic E-state index is 0.0729. The van der Waals surface area contributed by atoms with Crippen LogP contribution in [0.25, 0.3) is 11.0 Å². The summed E-state index contributed by atoms with van der Waals surface area (Å²) in [7, 11) is 1.57. The third-order valence-electron chi connectivity index (χ3n) is 5.62. The van der Waals surface area contributed by atoms with Crippen LogP contribution in [0.15, 0.2) is 39.5 Å². The summed E-state index contributed by atoms with van der Waals surface area (Å²) in [6, 6.07) is 8.58. The summed E-state index contributed by atoms with van der Waals surface area (Å²) in [5.74, 6) is 1.41. The van der Waals surface area contributed by atoms with Crippen LogP contribution in [0.5, 0.6) is 11.5 Å². The second-order valence-electron chi connectivity index (χ2n) is 8.48. The Balaban J connectivity index is 1.77. The molecule has 0 fully saturated rings. The number of rotatable bonds is 6. The maximum atomic E-state index is 13.4. The van der Waals surface area contributed by atoms with Crippen LogP contribution in [0.4, 0.5) is 0 Å².